The van der Waals surface area contributed by atoms with E-state index < -0.39 is 5.76 Å². The van der Waals surface area contributed by atoms with Crippen LogP contribution < -0.4 is 5.76 Å². The lowest BCUT2D eigenvalue weighted by molar-refractivity contribution is 0.237. The lowest BCUT2D eigenvalue weighted by Crippen LogP contribution is -2.28. The van der Waals surface area contributed by atoms with Crippen LogP contribution in [0.25, 0.3) is 10.8 Å². The molecule has 0 saturated heterocycles. The highest BCUT2D eigenvalue weighted by atomic mass is 79.9. The van der Waals surface area contributed by atoms with Crippen LogP contribution in [0.3, 0.4) is 0 Å². The molecule has 21 heavy (non-hydrogen) atoms. The molecule has 3 aromatic heterocycles. The third-order valence-corrected chi connectivity index (χ3v) is 5.20. The van der Waals surface area contributed by atoms with E-state index in [9.17, 15) is 4.79 Å². The summed E-state index contributed by atoms with van der Waals surface area (Å²) in [7, 11) is 1.94. The summed E-state index contributed by atoms with van der Waals surface area (Å²) in [6.45, 7) is 1.14. The van der Waals surface area contributed by atoms with Gasteiger partial charge in [-0.2, -0.15) is 4.68 Å². The first kappa shape index (κ1) is 14.7. The van der Waals surface area contributed by atoms with Gasteiger partial charge in [0.1, 0.15) is 6.67 Å². The van der Waals surface area contributed by atoms with Crippen LogP contribution in [0.1, 0.15) is 5.56 Å². The van der Waals surface area contributed by atoms with Crippen molar-refractivity contribution < 1.29 is 4.42 Å². The van der Waals surface area contributed by atoms with E-state index in [1.165, 1.54) is 21.6 Å². The van der Waals surface area contributed by atoms with E-state index in [4.69, 9.17) is 4.42 Å². The summed E-state index contributed by atoms with van der Waals surface area (Å²) in [6.07, 6.45) is 0. The molecule has 8 heteroatoms. The van der Waals surface area contributed by atoms with Gasteiger partial charge in [-0.05, 0) is 51.4 Å². The molecule has 0 fully saturated rings. The molecule has 0 atom stereocenters. The van der Waals surface area contributed by atoms with Gasteiger partial charge in [0.15, 0.2) is 0 Å². The van der Waals surface area contributed by atoms with E-state index >= 15 is 0 Å². The van der Waals surface area contributed by atoms with Crippen LogP contribution in [0.4, 0.5) is 0 Å². The second-order valence-corrected chi connectivity index (χ2v) is 7.80. The van der Waals surface area contributed by atoms with Crippen LogP contribution in [0.15, 0.2) is 42.0 Å². The van der Waals surface area contributed by atoms with Gasteiger partial charge in [0.2, 0.25) is 0 Å². The molecular formula is C13H12BrN3O2S2. The van der Waals surface area contributed by atoms with Crippen molar-refractivity contribution in [1.82, 2.24) is 14.7 Å². The summed E-state index contributed by atoms with van der Waals surface area (Å²) < 4.78 is 7.63. The Bertz CT molecular complexity index is 776. The predicted molar refractivity (Wildman–Crippen MR) is 87.6 cm³/mol. The largest absolute Gasteiger partial charge is 0.438 e. The summed E-state index contributed by atoms with van der Waals surface area (Å²) in [6, 6.07) is 5.86. The zero-order chi connectivity index (χ0) is 14.8. The summed E-state index contributed by atoms with van der Waals surface area (Å²) in [5.74, 6) is -0.0570. The van der Waals surface area contributed by atoms with Crippen molar-refractivity contribution >= 4 is 38.6 Å². The highest BCUT2D eigenvalue weighted by molar-refractivity contribution is 9.11. The fourth-order valence-electron chi connectivity index (χ4n) is 1.91. The van der Waals surface area contributed by atoms with Gasteiger partial charge in [0.05, 0.1) is 8.66 Å². The molecular weight excluding hydrogens is 374 g/mol. The maximum Gasteiger partial charge on any atom is 0.438 e. The molecule has 0 unspecified atom stereocenters. The summed E-state index contributed by atoms with van der Waals surface area (Å²) >= 11 is 6.59. The van der Waals surface area contributed by atoms with Gasteiger partial charge in [-0.15, -0.1) is 27.8 Å². The van der Waals surface area contributed by atoms with Gasteiger partial charge in [-0.25, -0.2) is 4.79 Å². The van der Waals surface area contributed by atoms with E-state index in [-0.39, 0.29) is 0 Å². The molecule has 0 saturated carbocycles. The fourth-order valence-corrected chi connectivity index (χ4v) is 3.76. The van der Waals surface area contributed by atoms with Crippen LogP contribution in [-0.4, -0.2) is 21.7 Å². The summed E-state index contributed by atoms with van der Waals surface area (Å²) in [4.78, 5) is 14.7. The SMILES string of the molecule is CN(Cc1csc(Br)c1)Cn1nc(-c2cccs2)oc1=O. The molecule has 3 rings (SSSR count). The Hall–Kier alpha value is -1.22. The molecule has 0 spiro atoms. The highest BCUT2D eigenvalue weighted by Crippen LogP contribution is 2.22. The predicted octanol–water partition coefficient (Wildman–Crippen LogP) is 3.48. The van der Waals surface area contributed by atoms with Crippen LogP contribution in [-0.2, 0) is 13.2 Å². The Morgan fingerprint density at radius 2 is 2.33 bits per heavy atom. The molecule has 0 aliphatic heterocycles. The normalized spacial score (nSPS) is 11.4. The summed E-state index contributed by atoms with van der Waals surface area (Å²) in [5.41, 5.74) is 1.20. The Morgan fingerprint density at radius 1 is 1.48 bits per heavy atom. The number of thiophene rings is 2. The van der Waals surface area contributed by atoms with Gasteiger partial charge >= 0.3 is 5.76 Å². The average molecular weight is 386 g/mol. The van der Waals surface area contributed by atoms with Gasteiger partial charge < -0.3 is 4.42 Å². The molecule has 0 aliphatic rings. The molecule has 3 aromatic rings. The fraction of sp³-hybridized carbons (Fsp3) is 0.231. The molecule has 0 aromatic carbocycles. The van der Waals surface area contributed by atoms with E-state index in [0.29, 0.717) is 12.6 Å². The zero-order valence-corrected chi connectivity index (χ0v) is 14.4. The number of halogens is 1. The number of aromatic nitrogens is 2. The number of nitrogens with zero attached hydrogens (tertiary/aromatic N) is 3. The zero-order valence-electron chi connectivity index (χ0n) is 11.2. The average Bonchev–Trinajstić information content (AvgIpc) is 3.13. The van der Waals surface area contributed by atoms with E-state index in [0.717, 1.165) is 15.2 Å². The van der Waals surface area contributed by atoms with Gasteiger partial charge in [0.25, 0.3) is 5.89 Å². The van der Waals surface area contributed by atoms with E-state index in [1.807, 2.05) is 29.5 Å². The molecule has 0 amide bonds. The first-order valence-electron chi connectivity index (χ1n) is 6.15. The van der Waals surface area contributed by atoms with Crippen molar-refractivity contribution in [3.8, 4) is 10.8 Å². The quantitative estimate of drug-likeness (QED) is 0.674. The van der Waals surface area contributed by atoms with E-state index in [2.05, 4.69) is 32.5 Å². The standard InChI is InChI=1S/C13H12BrN3O2S2/c1-16(6-9-5-11(14)21-7-9)8-17-13(18)19-12(15-17)10-3-2-4-20-10/h2-5,7H,6,8H2,1H3. The Kier molecular flexibility index (Phi) is 4.39. The smallest absolute Gasteiger partial charge is 0.387 e. The third kappa shape index (κ3) is 3.52. The second kappa shape index (κ2) is 6.27. The van der Waals surface area contributed by atoms with Gasteiger partial charge in [-0.1, -0.05) is 6.07 Å². The van der Waals surface area contributed by atoms with Crippen molar-refractivity contribution in [3.05, 3.63) is 48.9 Å². The number of rotatable bonds is 5. The van der Waals surface area contributed by atoms with Crippen molar-refractivity contribution in [1.29, 1.82) is 0 Å². The molecule has 0 bridgehead atoms. The Balaban J connectivity index is 1.71. The molecule has 0 N–H and O–H groups in total. The van der Waals surface area contributed by atoms with Crippen LogP contribution in [0.2, 0.25) is 0 Å². The monoisotopic (exact) mass is 385 g/mol. The van der Waals surface area contributed by atoms with Gasteiger partial charge in [-0.3, -0.25) is 4.90 Å². The molecule has 0 radical (unpaired) electrons. The number of hydrogen-bond donors (Lipinski definition) is 0. The minimum atomic E-state index is -0.434. The maximum atomic E-state index is 11.8. The topological polar surface area (TPSA) is 51.3 Å². The first-order valence-corrected chi connectivity index (χ1v) is 8.70. The highest BCUT2D eigenvalue weighted by Gasteiger charge is 2.12. The van der Waals surface area contributed by atoms with Crippen molar-refractivity contribution in [2.24, 2.45) is 0 Å². The summed E-state index contributed by atoms with van der Waals surface area (Å²) in [5, 5.41) is 8.25. The van der Waals surface area contributed by atoms with Crippen LogP contribution >= 0.6 is 38.6 Å². The molecule has 5 nitrogen and oxygen atoms in total. The Morgan fingerprint density at radius 3 is 3.00 bits per heavy atom. The molecule has 0 aliphatic carbocycles. The minimum absolute atomic E-state index is 0.377. The number of hydrogen-bond acceptors (Lipinski definition) is 6. The molecule has 110 valence electrons. The lowest BCUT2D eigenvalue weighted by Gasteiger charge is -2.14. The maximum absolute atomic E-state index is 11.8. The first-order chi connectivity index (χ1) is 10.1. The molecule has 3 heterocycles. The van der Waals surface area contributed by atoms with Gasteiger partial charge in [0, 0.05) is 6.54 Å². The third-order valence-electron chi connectivity index (χ3n) is 2.79. The minimum Gasteiger partial charge on any atom is -0.387 e. The van der Waals surface area contributed by atoms with Crippen LogP contribution in [0.5, 0.6) is 0 Å². The van der Waals surface area contributed by atoms with E-state index in [1.54, 1.807) is 11.3 Å². The van der Waals surface area contributed by atoms with Crippen molar-refractivity contribution in [3.63, 3.8) is 0 Å². The Labute approximate surface area is 137 Å². The van der Waals surface area contributed by atoms with Crippen molar-refractivity contribution in [2.45, 2.75) is 13.2 Å². The lowest BCUT2D eigenvalue weighted by atomic mass is 10.3. The second-order valence-electron chi connectivity index (χ2n) is 4.56. The van der Waals surface area contributed by atoms with Crippen LogP contribution in [0, 0.1) is 0 Å². The van der Waals surface area contributed by atoms with Crippen molar-refractivity contribution in [2.75, 3.05) is 7.05 Å².